The van der Waals surface area contributed by atoms with Crippen LogP contribution < -0.4 is 5.32 Å². The molecule has 2 unspecified atom stereocenters. The number of aliphatic hydroxyl groups is 1. The van der Waals surface area contributed by atoms with Crippen LogP contribution in [0.1, 0.15) is 47.0 Å². The number of Topliss-reactive ketones (excluding diaryl/α,β-unsaturated/α-hetero) is 2. The third-order valence-corrected chi connectivity index (χ3v) is 8.34. The Bertz CT molecular complexity index is 999. The average molecular weight is 476 g/mol. The maximum atomic E-state index is 13.7. The topological polar surface area (TPSA) is 128 Å². The Morgan fingerprint density at radius 1 is 1.26 bits per heavy atom. The third-order valence-electron chi connectivity index (χ3n) is 8.34. The number of esters is 2. The van der Waals surface area contributed by atoms with Gasteiger partial charge in [-0.1, -0.05) is 13.8 Å². The zero-order valence-electron chi connectivity index (χ0n) is 20.3. The first-order chi connectivity index (χ1) is 16.0. The van der Waals surface area contributed by atoms with Crippen LogP contribution in [0.2, 0.25) is 0 Å². The maximum absolute atomic E-state index is 13.7. The fourth-order valence-corrected chi connectivity index (χ4v) is 6.72. The van der Waals surface area contributed by atoms with Crippen molar-refractivity contribution in [2.24, 2.45) is 22.7 Å². The summed E-state index contributed by atoms with van der Waals surface area (Å²) in [5.74, 6) is -4.04. The highest BCUT2D eigenvalue weighted by molar-refractivity contribution is 6.46. The van der Waals surface area contributed by atoms with Gasteiger partial charge in [-0.15, -0.1) is 0 Å². The largest absolute Gasteiger partial charge is 0.458 e. The number of allylic oxidation sites excluding steroid dienone is 1. The zero-order valence-corrected chi connectivity index (χ0v) is 20.3. The summed E-state index contributed by atoms with van der Waals surface area (Å²) in [6.45, 7) is 7.31. The lowest BCUT2D eigenvalue weighted by atomic mass is 9.50. The summed E-state index contributed by atoms with van der Waals surface area (Å²) in [5, 5.41) is 13.8. The van der Waals surface area contributed by atoms with Gasteiger partial charge in [0, 0.05) is 43.2 Å². The highest BCUT2D eigenvalue weighted by Crippen LogP contribution is 2.62. The van der Waals surface area contributed by atoms with Crippen LogP contribution in [-0.4, -0.2) is 67.2 Å². The van der Waals surface area contributed by atoms with Gasteiger partial charge in [-0.3, -0.25) is 14.4 Å². The number of ether oxygens (including phenoxy) is 3. The van der Waals surface area contributed by atoms with E-state index in [1.807, 2.05) is 13.8 Å². The van der Waals surface area contributed by atoms with Crippen molar-refractivity contribution in [2.75, 3.05) is 20.3 Å². The molecule has 3 aliphatic carbocycles. The first-order valence-electron chi connectivity index (χ1n) is 11.8. The minimum atomic E-state index is -1.17. The van der Waals surface area contributed by atoms with Crippen LogP contribution in [0, 0.1) is 22.7 Å². The second-order valence-corrected chi connectivity index (χ2v) is 10.2. The number of methoxy groups -OCH3 is 1. The quantitative estimate of drug-likeness (QED) is 0.343. The number of hydrogen-bond acceptors (Lipinski definition) is 9. The molecule has 0 spiro atoms. The van der Waals surface area contributed by atoms with Gasteiger partial charge in [0.15, 0.2) is 0 Å². The van der Waals surface area contributed by atoms with Crippen molar-refractivity contribution in [2.45, 2.75) is 65.3 Å². The fourth-order valence-electron chi connectivity index (χ4n) is 6.72. The number of carbonyl (C=O) groups excluding carboxylic acids is 4. The second kappa shape index (κ2) is 8.61. The SMILES string of the molecule is CCN/C=C1\C(=O)O[C@H](COC)[C@]2(C)C3=C(C(=O)C(=O)C12)C1CC[C@H](O)[C@@]1(C)C[C@H]3OC(C)=O. The highest BCUT2D eigenvalue weighted by Gasteiger charge is 2.67. The molecule has 9 nitrogen and oxygen atoms in total. The zero-order chi connectivity index (χ0) is 25.0. The predicted octanol–water partition coefficient (Wildman–Crippen LogP) is 1.24. The second-order valence-electron chi connectivity index (χ2n) is 10.2. The van der Waals surface area contributed by atoms with E-state index in [4.69, 9.17) is 14.2 Å². The van der Waals surface area contributed by atoms with Crippen molar-refractivity contribution >= 4 is 23.5 Å². The molecule has 2 N–H and O–H groups in total. The molecule has 1 heterocycles. The van der Waals surface area contributed by atoms with E-state index in [1.54, 1.807) is 6.92 Å². The van der Waals surface area contributed by atoms with Crippen molar-refractivity contribution in [3.63, 3.8) is 0 Å². The van der Waals surface area contributed by atoms with E-state index >= 15 is 0 Å². The fraction of sp³-hybridized carbons (Fsp3) is 0.680. The number of ketones is 2. The van der Waals surface area contributed by atoms with Crippen molar-refractivity contribution in [3.8, 4) is 0 Å². The number of fused-ring (bicyclic) bond motifs is 4. The van der Waals surface area contributed by atoms with E-state index in [0.717, 1.165) is 0 Å². The van der Waals surface area contributed by atoms with Gasteiger partial charge in [-0.2, -0.15) is 0 Å². The molecule has 1 aliphatic heterocycles. The molecule has 0 radical (unpaired) electrons. The van der Waals surface area contributed by atoms with E-state index in [0.29, 0.717) is 37.0 Å². The molecular formula is C25H33NO8. The predicted molar refractivity (Wildman–Crippen MR) is 119 cm³/mol. The Morgan fingerprint density at radius 2 is 1.97 bits per heavy atom. The number of rotatable bonds is 5. The van der Waals surface area contributed by atoms with Gasteiger partial charge in [0.2, 0.25) is 11.6 Å². The third kappa shape index (κ3) is 3.35. The molecule has 9 heteroatoms. The van der Waals surface area contributed by atoms with Crippen molar-refractivity contribution in [1.29, 1.82) is 0 Å². The summed E-state index contributed by atoms with van der Waals surface area (Å²) >= 11 is 0. The molecule has 1 saturated carbocycles. The summed E-state index contributed by atoms with van der Waals surface area (Å²) in [7, 11) is 1.47. The molecule has 2 fully saturated rings. The Morgan fingerprint density at radius 3 is 2.59 bits per heavy atom. The van der Waals surface area contributed by atoms with Gasteiger partial charge in [0.05, 0.1) is 24.2 Å². The highest BCUT2D eigenvalue weighted by atomic mass is 16.6. The van der Waals surface area contributed by atoms with Gasteiger partial charge in [0.25, 0.3) is 0 Å². The van der Waals surface area contributed by atoms with Gasteiger partial charge < -0.3 is 24.6 Å². The van der Waals surface area contributed by atoms with Crippen LogP contribution in [-0.2, 0) is 33.4 Å². The molecule has 34 heavy (non-hydrogen) atoms. The van der Waals surface area contributed by atoms with E-state index in [9.17, 15) is 24.3 Å². The van der Waals surface area contributed by atoms with Gasteiger partial charge in [-0.05, 0) is 37.7 Å². The minimum Gasteiger partial charge on any atom is -0.458 e. The summed E-state index contributed by atoms with van der Waals surface area (Å²) in [6.07, 6.45) is 0.360. The van der Waals surface area contributed by atoms with Crippen LogP contribution in [0.3, 0.4) is 0 Å². The van der Waals surface area contributed by atoms with E-state index in [-0.39, 0.29) is 18.1 Å². The minimum absolute atomic E-state index is 0.00281. The maximum Gasteiger partial charge on any atom is 0.336 e. The lowest BCUT2D eigenvalue weighted by Crippen LogP contribution is -2.63. The summed E-state index contributed by atoms with van der Waals surface area (Å²) < 4.78 is 16.9. The van der Waals surface area contributed by atoms with Crippen LogP contribution in [0.4, 0.5) is 0 Å². The Balaban J connectivity index is 2.01. The molecule has 1 saturated heterocycles. The van der Waals surface area contributed by atoms with Crippen molar-refractivity contribution < 1.29 is 38.5 Å². The summed E-state index contributed by atoms with van der Waals surface area (Å²) in [4.78, 5) is 52.5. The normalized spacial score (nSPS) is 40.5. The molecule has 0 aromatic heterocycles. The lowest BCUT2D eigenvalue weighted by molar-refractivity contribution is -0.174. The molecular weight excluding hydrogens is 442 g/mol. The molecule has 0 amide bonds. The Labute approximate surface area is 198 Å². The summed E-state index contributed by atoms with van der Waals surface area (Å²) in [5.41, 5.74) is -0.987. The molecule has 4 rings (SSSR count). The standard InChI is InChI=1S/C25H33NO8/c1-6-26-10-13-19-22(30)21(29)18-14-7-8-16(28)24(14,3)9-15(33-12(2)27)20(18)25(19,4)17(11-32-5)34-23(13)31/h10,14-17,19,26,28H,6-9,11H2,1-5H3/b13-10-/t14?,15-,16+,17-,19?,24+,25+/m1/s1. The average Bonchev–Trinajstić information content (AvgIpc) is 3.06. The smallest absolute Gasteiger partial charge is 0.336 e. The number of nitrogens with one attached hydrogen (secondary N) is 1. The molecule has 186 valence electrons. The first-order valence-corrected chi connectivity index (χ1v) is 11.8. The van der Waals surface area contributed by atoms with E-state index in [2.05, 4.69) is 5.32 Å². The van der Waals surface area contributed by atoms with Gasteiger partial charge in [-0.25, -0.2) is 4.79 Å². The molecule has 0 bridgehead atoms. The van der Waals surface area contributed by atoms with Crippen LogP contribution in [0.25, 0.3) is 0 Å². The number of carbonyl (C=O) groups is 4. The van der Waals surface area contributed by atoms with Crippen LogP contribution >= 0.6 is 0 Å². The molecule has 0 aromatic rings. The van der Waals surface area contributed by atoms with E-state index < -0.39 is 58.6 Å². The van der Waals surface area contributed by atoms with Crippen molar-refractivity contribution in [3.05, 3.63) is 22.9 Å². The molecule has 4 aliphatic rings. The number of cyclic esters (lactones) is 1. The number of aliphatic hydroxyl groups excluding tert-OH is 1. The number of hydrogen-bond donors (Lipinski definition) is 2. The molecule has 0 aromatic carbocycles. The summed E-state index contributed by atoms with van der Waals surface area (Å²) in [6, 6.07) is 0. The molecule has 7 atom stereocenters. The lowest BCUT2D eigenvalue weighted by Gasteiger charge is -2.55. The van der Waals surface area contributed by atoms with Gasteiger partial charge >= 0.3 is 11.9 Å². The Hall–Kier alpha value is -2.52. The first kappa shape index (κ1) is 24.6. The van der Waals surface area contributed by atoms with Crippen LogP contribution in [0.15, 0.2) is 22.9 Å². The van der Waals surface area contributed by atoms with Crippen LogP contribution in [0.5, 0.6) is 0 Å². The monoisotopic (exact) mass is 475 g/mol. The van der Waals surface area contributed by atoms with E-state index in [1.165, 1.54) is 20.2 Å². The Kier molecular flexibility index (Phi) is 6.23. The van der Waals surface area contributed by atoms with Gasteiger partial charge in [0.1, 0.15) is 12.2 Å². The van der Waals surface area contributed by atoms with Crippen molar-refractivity contribution in [1.82, 2.24) is 5.32 Å².